The van der Waals surface area contributed by atoms with Crippen molar-refractivity contribution < 1.29 is 14.6 Å². The van der Waals surface area contributed by atoms with Crippen molar-refractivity contribution >= 4 is 32.7 Å². The average Bonchev–Trinajstić information content (AvgIpc) is 3.41. The van der Waals surface area contributed by atoms with Crippen molar-refractivity contribution in [3.05, 3.63) is 72.4 Å². The Balaban J connectivity index is 1.16. The fourth-order valence-corrected chi connectivity index (χ4v) is 4.22. The lowest BCUT2D eigenvalue weighted by atomic mass is 10.1. The van der Waals surface area contributed by atoms with E-state index in [0.29, 0.717) is 6.54 Å². The van der Waals surface area contributed by atoms with E-state index in [4.69, 9.17) is 9.47 Å². The Morgan fingerprint density at radius 1 is 0.969 bits per heavy atom. The standard InChI is InChI=1S/C26H27N3O3/c1-31-19-9-10-22-21(13-19)17(14-28-22)11-12-27-15-18(30)16-32-25-8-4-7-24-26(25)20-5-2-3-6-23(20)29-24/h2-10,13-14,18,27-30H,11-12,15-16H2,1H3. The van der Waals surface area contributed by atoms with Crippen molar-refractivity contribution in [3.8, 4) is 11.5 Å². The molecule has 0 aliphatic rings. The predicted molar refractivity (Wildman–Crippen MR) is 129 cm³/mol. The molecule has 32 heavy (non-hydrogen) atoms. The second-order valence-corrected chi connectivity index (χ2v) is 7.99. The van der Waals surface area contributed by atoms with E-state index in [0.717, 1.165) is 51.8 Å². The van der Waals surface area contributed by atoms with Crippen molar-refractivity contribution in [1.82, 2.24) is 15.3 Å². The number of rotatable bonds is 9. The van der Waals surface area contributed by atoms with Crippen molar-refractivity contribution in [2.24, 2.45) is 0 Å². The van der Waals surface area contributed by atoms with E-state index in [1.807, 2.05) is 48.7 Å². The van der Waals surface area contributed by atoms with Gasteiger partial charge >= 0.3 is 0 Å². The van der Waals surface area contributed by atoms with Crippen LogP contribution in [0, 0.1) is 0 Å². The zero-order valence-corrected chi connectivity index (χ0v) is 18.0. The minimum atomic E-state index is -0.599. The number of fused-ring (bicyclic) bond motifs is 4. The first-order chi connectivity index (χ1) is 15.7. The topological polar surface area (TPSA) is 82.3 Å². The molecular formula is C26H27N3O3. The van der Waals surface area contributed by atoms with Crippen molar-refractivity contribution in [2.75, 3.05) is 26.8 Å². The van der Waals surface area contributed by atoms with Gasteiger partial charge in [0.15, 0.2) is 0 Å². The Kier molecular flexibility index (Phi) is 5.71. The summed E-state index contributed by atoms with van der Waals surface area (Å²) in [7, 11) is 1.68. The predicted octanol–water partition coefficient (Wildman–Crippen LogP) is 4.38. The largest absolute Gasteiger partial charge is 0.497 e. The van der Waals surface area contributed by atoms with Gasteiger partial charge in [0.1, 0.15) is 24.2 Å². The molecule has 0 aliphatic heterocycles. The van der Waals surface area contributed by atoms with Crippen LogP contribution in [0.15, 0.2) is 66.9 Å². The molecule has 3 aromatic carbocycles. The number of nitrogens with one attached hydrogen (secondary N) is 3. The zero-order chi connectivity index (χ0) is 21.9. The molecule has 0 saturated carbocycles. The van der Waals surface area contributed by atoms with Crippen LogP contribution in [0.5, 0.6) is 11.5 Å². The fraction of sp³-hybridized carbons (Fsp3) is 0.231. The number of aromatic amines is 2. The normalized spacial score (nSPS) is 12.6. The van der Waals surface area contributed by atoms with Gasteiger partial charge in [-0.1, -0.05) is 24.3 Å². The third-order valence-corrected chi connectivity index (χ3v) is 5.85. The van der Waals surface area contributed by atoms with Crippen LogP contribution >= 0.6 is 0 Å². The molecule has 4 N–H and O–H groups in total. The lowest BCUT2D eigenvalue weighted by Gasteiger charge is -2.14. The summed E-state index contributed by atoms with van der Waals surface area (Å²) in [4.78, 5) is 6.71. The Bertz CT molecular complexity index is 1350. The fourth-order valence-electron chi connectivity index (χ4n) is 4.22. The molecule has 0 fully saturated rings. The van der Waals surface area contributed by atoms with Gasteiger partial charge in [0.05, 0.1) is 12.6 Å². The first-order valence-corrected chi connectivity index (χ1v) is 10.9. The Labute approximate surface area is 186 Å². The van der Waals surface area contributed by atoms with Gasteiger partial charge < -0.3 is 29.9 Å². The van der Waals surface area contributed by atoms with Crippen molar-refractivity contribution in [1.29, 1.82) is 0 Å². The highest BCUT2D eigenvalue weighted by atomic mass is 16.5. The molecule has 1 unspecified atom stereocenters. The van der Waals surface area contributed by atoms with Crippen LogP contribution in [-0.4, -0.2) is 48.0 Å². The summed E-state index contributed by atoms with van der Waals surface area (Å²) in [5, 5.41) is 17.1. The van der Waals surface area contributed by atoms with Crippen LogP contribution in [0.1, 0.15) is 5.56 Å². The van der Waals surface area contributed by atoms with Crippen LogP contribution in [0.4, 0.5) is 0 Å². The molecule has 5 rings (SSSR count). The number of aliphatic hydroxyl groups is 1. The van der Waals surface area contributed by atoms with Gasteiger partial charge in [-0.3, -0.25) is 0 Å². The summed E-state index contributed by atoms with van der Waals surface area (Å²) in [5.41, 5.74) is 4.44. The molecule has 5 aromatic rings. The minimum Gasteiger partial charge on any atom is -0.497 e. The highest BCUT2D eigenvalue weighted by Gasteiger charge is 2.12. The van der Waals surface area contributed by atoms with Crippen LogP contribution < -0.4 is 14.8 Å². The van der Waals surface area contributed by atoms with E-state index in [2.05, 4.69) is 33.5 Å². The van der Waals surface area contributed by atoms with E-state index in [-0.39, 0.29) is 6.61 Å². The quantitative estimate of drug-likeness (QED) is 0.262. The number of para-hydroxylation sites is 1. The Hall–Kier alpha value is -3.48. The smallest absolute Gasteiger partial charge is 0.129 e. The first kappa shape index (κ1) is 20.4. The Morgan fingerprint density at radius 3 is 2.75 bits per heavy atom. The Morgan fingerprint density at radius 2 is 1.84 bits per heavy atom. The summed E-state index contributed by atoms with van der Waals surface area (Å²) in [6.45, 7) is 1.46. The third-order valence-electron chi connectivity index (χ3n) is 5.85. The van der Waals surface area contributed by atoms with Gasteiger partial charge in [0.25, 0.3) is 0 Å². The number of hydrogen-bond donors (Lipinski definition) is 4. The molecule has 0 bridgehead atoms. The third kappa shape index (κ3) is 4.02. The maximum Gasteiger partial charge on any atom is 0.129 e. The molecule has 0 saturated heterocycles. The van der Waals surface area contributed by atoms with Crippen LogP contribution in [0.3, 0.4) is 0 Å². The molecule has 0 spiro atoms. The molecule has 6 nitrogen and oxygen atoms in total. The molecule has 6 heteroatoms. The summed E-state index contributed by atoms with van der Waals surface area (Å²) in [6, 6.07) is 20.2. The number of ether oxygens (including phenoxy) is 2. The van der Waals surface area contributed by atoms with Crippen molar-refractivity contribution in [3.63, 3.8) is 0 Å². The van der Waals surface area contributed by atoms with E-state index in [9.17, 15) is 5.11 Å². The lowest BCUT2D eigenvalue weighted by Crippen LogP contribution is -2.32. The molecule has 1 atom stereocenters. The number of hydrogen-bond acceptors (Lipinski definition) is 4. The second-order valence-electron chi connectivity index (χ2n) is 7.99. The number of aliphatic hydroxyl groups excluding tert-OH is 1. The highest BCUT2D eigenvalue weighted by Crippen LogP contribution is 2.33. The van der Waals surface area contributed by atoms with E-state index >= 15 is 0 Å². The molecule has 0 amide bonds. The molecular weight excluding hydrogens is 402 g/mol. The van der Waals surface area contributed by atoms with E-state index in [1.54, 1.807) is 7.11 Å². The van der Waals surface area contributed by atoms with E-state index in [1.165, 1.54) is 10.9 Å². The highest BCUT2D eigenvalue weighted by molar-refractivity contribution is 6.10. The minimum absolute atomic E-state index is 0.232. The van der Waals surface area contributed by atoms with Gasteiger partial charge in [-0.2, -0.15) is 0 Å². The maximum atomic E-state index is 10.4. The van der Waals surface area contributed by atoms with Gasteiger partial charge in [-0.05, 0) is 54.9 Å². The maximum absolute atomic E-state index is 10.4. The van der Waals surface area contributed by atoms with Gasteiger partial charge in [0, 0.05) is 39.9 Å². The van der Waals surface area contributed by atoms with Crippen LogP contribution in [-0.2, 0) is 6.42 Å². The van der Waals surface area contributed by atoms with Crippen LogP contribution in [0.25, 0.3) is 32.7 Å². The summed E-state index contributed by atoms with van der Waals surface area (Å²) >= 11 is 0. The monoisotopic (exact) mass is 429 g/mol. The van der Waals surface area contributed by atoms with Crippen molar-refractivity contribution in [2.45, 2.75) is 12.5 Å². The number of H-pyrrole nitrogens is 2. The molecule has 164 valence electrons. The lowest BCUT2D eigenvalue weighted by molar-refractivity contribution is 0.107. The number of benzene rings is 3. The van der Waals surface area contributed by atoms with Gasteiger partial charge in [-0.25, -0.2) is 0 Å². The second kappa shape index (κ2) is 8.94. The molecule has 0 radical (unpaired) electrons. The van der Waals surface area contributed by atoms with Gasteiger partial charge in [0.2, 0.25) is 0 Å². The molecule has 0 aliphatic carbocycles. The SMILES string of the molecule is COc1ccc2[nH]cc(CCNCC(O)COc3cccc4[nH]c5ccccc5c34)c2c1. The summed E-state index contributed by atoms with van der Waals surface area (Å²) in [6.07, 6.45) is 2.29. The summed E-state index contributed by atoms with van der Waals surface area (Å²) in [5.74, 6) is 1.64. The summed E-state index contributed by atoms with van der Waals surface area (Å²) < 4.78 is 11.3. The van der Waals surface area contributed by atoms with E-state index < -0.39 is 6.10 Å². The zero-order valence-electron chi connectivity index (χ0n) is 18.0. The molecule has 2 aromatic heterocycles. The average molecular weight is 430 g/mol. The first-order valence-electron chi connectivity index (χ1n) is 10.9. The van der Waals surface area contributed by atoms with Gasteiger partial charge in [-0.15, -0.1) is 0 Å². The molecule has 2 heterocycles. The van der Waals surface area contributed by atoms with Crippen LogP contribution in [0.2, 0.25) is 0 Å². The number of aromatic nitrogens is 2. The number of methoxy groups -OCH3 is 1.